The average Bonchev–Trinajstić information content (AvgIpc) is 2.58. The lowest BCUT2D eigenvalue weighted by atomic mass is 9.92. The number of alkyl halides is 8. The molecule has 0 aromatic carbocycles. The first kappa shape index (κ1) is 24.0. The Morgan fingerprint density at radius 3 is 1.77 bits per heavy atom. The van der Waals surface area contributed by atoms with Crippen LogP contribution in [0.3, 0.4) is 0 Å². The molecule has 0 spiro atoms. The van der Waals surface area contributed by atoms with Gasteiger partial charge < -0.3 is 15.7 Å². The lowest BCUT2D eigenvalue weighted by Gasteiger charge is -2.28. The molecule has 0 amide bonds. The maximum Gasteiger partial charge on any atom is 0.408 e. The summed E-state index contributed by atoms with van der Waals surface area (Å²) in [6, 6.07) is -4.50. The molecule has 170 valence electrons. The summed E-state index contributed by atoms with van der Waals surface area (Å²) in [5.41, 5.74) is -0.679. The summed E-state index contributed by atoms with van der Waals surface area (Å²) >= 11 is 0. The molecule has 3 N–H and O–H groups in total. The molecule has 1 aromatic heterocycles. The van der Waals surface area contributed by atoms with Crippen molar-refractivity contribution in [1.29, 1.82) is 0 Å². The molecular formula is C15H16F9N5O. The highest BCUT2D eigenvalue weighted by Crippen LogP contribution is 2.41. The molecule has 1 aliphatic carbocycles. The number of hydrogen-bond acceptors (Lipinski definition) is 6. The van der Waals surface area contributed by atoms with Crippen molar-refractivity contribution < 1.29 is 44.6 Å². The Morgan fingerprint density at radius 2 is 1.37 bits per heavy atom. The minimum Gasteiger partial charge on any atom is -0.380 e. The van der Waals surface area contributed by atoms with Crippen LogP contribution in [0.2, 0.25) is 0 Å². The first-order chi connectivity index (χ1) is 13.5. The molecule has 2 rings (SSSR count). The molecule has 0 saturated heterocycles. The normalized spacial score (nSPS) is 21.9. The minimum absolute atomic E-state index is 0.666. The second-order valence-corrected chi connectivity index (χ2v) is 6.61. The summed E-state index contributed by atoms with van der Waals surface area (Å²) in [6.45, 7) is 1.33. The monoisotopic (exact) mass is 453 g/mol. The first-order valence-corrected chi connectivity index (χ1v) is 8.39. The fourth-order valence-corrected chi connectivity index (χ4v) is 2.31. The first-order valence-electron chi connectivity index (χ1n) is 8.39. The second kappa shape index (κ2) is 8.07. The number of nitrogens with zero attached hydrogens (tertiary/aromatic N) is 3. The Hall–Kier alpha value is -2.32. The lowest BCUT2D eigenvalue weighted by molar-refractivity contribution is -0.139. The number of aliphatic hydroxyl groups is 1. The highest BCUT2D eigenvalue weighted by Gasteiger charge is 2.46. The van der Waals surface area contributed by atoms with Crippen LogP contribution in [-0.4, -0.2) is 56.5 Å². The summed E-state index contributed by atoms with van der Waals surface area (Å²) in [5, 5.41) is 13.0. The van der Waals surface area contributed by atoms with E-state index in [0.29, 0.717) is 13.8 Å². The molecule has 1 aliphatic rings. The smallest absolute Gasteiger partial charge is 0.380 e. The molecule has 30 heavy (non-hydrogen) atoms. The van der Waals surface area contributed by atoms with Gasteiger partial charge in [0.1, 0.15) is 17.9 Å². The minimum atomic E-state index is -4.78. The zero-order valence-corrected chi connectivity index (χ0v) is 15.3. The van der Waals surface area contributed by atoms with Crippen LogP contribution in [0.1, 0.15) is 32.5 Å². The zero-order valence-electron chi connectivity index (χ0n) is 15.3. The van der Waals surface area contributed by atoms with Crippen LogP contribution in [0.4, 0.5) is 51.4 Å². The molecule has 1 heterocycles. The molecule has 6 nitrogen and oxygen atoms in total. The van der Waals surface area contributed by atoms with Crippen LogP contribution in [0.25, 0.3) is 5.57 Å². The van der Waals surface area contributed by atoms with Gasteiger partial charge >= 0.3 is 12.4 Å². The third kappa shape index (κ3) is 5.43. The van der Waals surface area contributed by atoms with Crippen LogP contribution in [0, 0.1) is 0 Å². The van der Waals surface area contributed by atoms with Gasteiger partial charge in [0.25, 0.3) is 5.92 Å². The predicted octanol–water partition coefficient (Wildman–Crippen LogP) is 4.07. The van der Waals surface area contributed by atoms with Crippen molar-refractivity contribution in [2.45, 2.75) is 63.2 Å². The molecule has 1 aromatic rings. The van der Waals surface area contributed by atoms with Crippen molar-refractivity contribution in [2.75, 3.05) is 10.6 Å². The number of hydrogen-bond donors (Lipinski definition) is 3. The highest BCUT2D eigenvalue weighted by atomic mass is 19.4. The van der Waals surface area contributed by atoms with E-state index in [0.717, 1.165) is 0 Å². The number of rotatable bonds is 5. The number of aliphatic hydroxyl groups excluding tert-OH is 1. The van der Waals surface area contributed by atoms with Crippen molar-refractivity contribution in [1.82, 2.24) is 15.0 Å². The largest absolute Gasteiger partial charge is 0.408 e. The predicted molar refractivity (Wildman–Crippen MR) is 86.3 cm³/mol. The van der Waals surface area contributed by atoms with E-state index in [9.17, 15) is 44.6 Å². The maximum absolute atomic E-state index is 14.2. The summed E-state index contributed by atoms with van der Waals surface area (Å²) in [7, 11) is 0. The van der Waals surface area contributed by atoms with E-state index in [1.54, 1.807) is 10.6 Å². The Labute approximate surface area is 163 Å². The molecule has 3 atom stereocenters. The van der Waals surface area contributed by atoms with Crippen LogP contribution in [0.15, 0.2) is 5.83 Å². The van der Waals surface area contributed by atoms with Gasteiger partial charge in [-0.15, -0.1) is 0 Å². The molecule has 0 saturated carbocycles. The third-order valence-electron chi connectivity index (χ3n) is 4.22. The summed E-state index contributed by atoms with van der Waals surface area (Å²) in [5.74, 6) is -8.06. The third-order valence-corrected chi connectivity index (χ3v) is 4.22. The molecule has 0 aliphatic heterocycles. The number of anilines is 2. The molecule has 15 heteroatoms. The van der Waals surface area contributed by atoms with Crippen molar-refractivity contribution in [2.24, 2.45) is 0 Å². The SMILES string of the molecule is C[C@H](Nc1nc(N[C@@H](C)C(F)(F)F)nc(C2=C(F)C(O)C(F)(F)CC2)n1)C(F)(F)F. The summed E-state index contributed by atoms with van der Waals surface area (Å²) in [6.07, 6.45) is -14.2. The molecule has 1 unspecified atom stereocenters. The fraction of sp³-hybridized carbons (Fsp3) is 0.667. The van der Waals surface area contributed by atoms with Crippen LogP contribution >= 0.6 is 0 Å². The Balaban J connectivity index is 2.50. The molecule has 0 bridgehead atoms. The van der Waals surface area contributed by atoms with E-state index >= 15 is 0 Å². The molecule has 0 radical (unpaired) electrons. The standard InChI is InChI=1S/C15H16F9N5O/c1-5(14(19,20)21)25-11-27-10(7-3-4-13(17,18)9(30)8(7)16)28-12(29-11)26-6(2)15(22,23)24/h5-6,9,30H,3-4H2,1-2H3,(H2,25,26,27,28,29)/t5-,6-,9?/m0/s1. The number of allylic oxidation sites excluding steroid dienone is 1. The van der Waals surface area contributed by atoms with Gasteiger partial charge in [-0.25, -0.2) is 13.2 Å². The Bertz CT molecular complexity index is 768. The molecular weight excluding hydrogens is 437 g/mol. The fourth-order valence-electron chi connectivity index (χ4n) is 2.31. The average molecular weight is 453 g/mol. The quantitative estimate of drug-likeness (QED) is 0.584. The van der Waals surface area contributed by atoms with E-state index in [4.69, 9.17) is 0 Å². The van der Waals surface area contributed by atoms with Gasteiger partial charge in [0.2, 0.25) is 11.9 Å². The summed E-state index contributed by atoms with van der Waals surface area (Å²) < 4.78 is 118. The van der Waals surface area contributed by atoms with Crippen molar-refractivity contribution >= 4 is 17.5 Å². The van der Waals surface area contributed by atoms with E-state index in [-0.39, 0.29) is 0 Å². The van der Waals surface area contributed by atoms with E-state index in [1.807, 2.05) is 0 Å². The van der Waals surface area contributed by atoms with Crippen molar-refractivity contribution in [3.05, 3.63) is 11.7 Å². The topological polar surface area (TPSA) is 83.0 Å². The van der Waals surface area contributed by atoms with Gasteiger partial charge in [-0.1, -0.05) is 0 Å². The highest BCUT2D eigenvalue weighted by molar-refractivity contribution is 5.66. The van der Waals surface area contributed by atoms with Gasteiger partial charge in [0.05, 0.1) is 0 Å². The van der Waals surface area contributed by atoms with E-state index in [1.165, 1.54) is 0 Å². The van der Waals surface area contributed by atoms with Crippen LogP contribution in [-0.2, 0) is 0 Å². The van der Waals surface area contributed by atoms with Crippen LogP contribution < -0.4 is 10.6 Å². The van der Waals surface area contributed by atoms with Gasteiger partial charge in [0, 0.05) is 12.0 Å². The molecule has 0 fully saturated rings. The van der Waals surface area contributed by atoms with Gasteiger partial charge in [-0.3, -0.25) is 0 Å². The maximum atomic E-state index is 14.2. The zero-order chi connectivity index (χ0) is 23.1. The number of halogens is 9. The van der Waals surface area contributed by atoms with Crippen LogP contribution in [0.5, 0.6) is 0 Å². The van der Waals surface area contributed by atoms with Crippen molar-refractivity contribution in [3.63, 3.8) is 0 Å². The van der Waals surface area contributed by atoms with Gasteiger partial charge in [0.15, 0.2) is 11.9 Å². The van der Waals surface area contributed by atoms with Gasteiger partial charge in [-0.2, -0.15) is 41.3 Å². The Morgan fingerprint density at radius 1 is 0.933 bits per heavy atom. The van der Waals surface area contributed by atoms with E-state index in [2.05, 4.69) is 15.0 Å². The number of aromatic nitrogens is 3. The summed E-state index contributed by atoms with van der Waals surface area (Å²) in [4.78, 5) is 10.4. The Kier molecular flexibility index (Phi) is 6.45. The van der Waals surface area contributed by atoms with E-state index < -0.39 is 78.4 Å². The second-order valence-electron chi connectivity index (χ2n) is 6.61. The van der Waals surface area contributed by atoms with Crippen molar-refractivity contribution in [3.8, 4) is 0 Å². The van der Waals surface area contributed by atoms with Gasteiger partial charge in [-0.05, 0) is 20.3 Å². The lowest BCUT2D eigenvalue weighted by Crippen LogP contribution is -2.38. The number of nitrogens with one attached hydrogen (secondary N) is 2.